The standard InChI is InChI=1S/C24H39N5O5/c1-15(2)13-20(23(32)28-19(24(33)34)11-7-8-12-25)29-21(30)16(3)27-22(31)18(26)14-17-9-5-4-6-10-17/h4-6,9-10,15-16,18-20H,7-8,11-14,25-26H2,1-3H3,(H,27,31)(H,28,32)(H,29,30)(H,33,34). The summed E-state index contributed by atoms with van der Waals surface area (Å²) in [7, 11) is 0. The third kappa shape index (κ3) is 10.8. The molecule has 4 atom stereocenters. The molecule has 0 aliphatic heterocycles. The molecule has 4 unspecified atom stereocenters. The number of carbonyl (C=O) groups is 4. The van der Waals surface area contributed by atoms with Gasteiger partial charge in [0.05, 0.1) is 6.04 Å². The first kappa shape index (κ1) is 29.1. The van der Waals surface area contributed by atoms with Crippen LogP contribution in [0.2, 0.25) is 0 Å². The van der Waals surface area contributed by atoms with E-state index in [4.69, 9.17) is 11.5 Å². The van der Waals surface area contributed by atoms with Crippen LogP contribution in [0.4, 0.5) is 0 Å². The van der Waals surface area contributed by atoms with Crippen molar-refractivity contribution >= 4 is 23.7 Å². The summed E-state index contributed by atoms with van der Waals surface area (Å²) in [5.41, 5.74) is 12.3. The minimum Gasteiger partial charge on any atom is -0.480 e. The van der Waals surface area contributed by atoms with Gasteiger partial charge in [0.2, 0.25) is 17.7 Å². The van der Waals surface area contributed by atoms with Crippen LogP contribution in [0.5, 0.6) is 0 Å². The molecule has 8 N–H and O–H groups in total. The van der Waals surface area contributed by atoms with Crippen LogP contribution >= 0.6 is 0 Å². The Hall–Kier alpha value is -2.98. The number of rotatable bonds is 15. The summed E-state index contributed by atoms with van der Waals surface area (Å²) in [5, 5.41) is 17.1. The summed E-state index contributed by atoms with van der Waals surface area (Å²) in [6.07, 6.45) is 2.07. The molecule has 0 heterocycles. The predicted octanol–water partition coefficient (Wildman–Crippen LogP) is 0.290. The molecular weight excluding hydrogens is 438 g/mol. The third-order valence-corrected chi connectivity index (χ3v) is 5.29. The maximum absolute atomic E-state index is 12.8. The lowest BCUT2D eigenvalue weighted by Crippen LogP contribution is -2.56. The molecule has 0 saturated carbocycles. The van der Waals surface area contributed by atoms with E-state index in [1.807, 2.05) is 44.2 Å². The number of amides is 3. The van der Waals surface area contributed by atoms with Gasteiger partial charge in [-0.25, -0.2) is 4.79 Å². The van der Waals surface area contributed by atoms with E-state index >= 15 is 0 Å². The second-order valence-corrected chi connectivity index (χ2v) is 8.90. The molecule has 0 aromatic heterocycles. The van der Waals surface area contributed by atoms with Gasteiger partial charge in [0, 0.05) is 0 Å². The second kappa shape index (κ2) is 15.0. The molecule has 34 heavy (non-hydrogen) atoms. The van der Waals surface area contributed by atoms with E-state index in [1.54, 1.807) is 0 Å². The van der Waals surface area contributed by atoms with E-state index in [0.29, 0.717) is 32.2 Å². The average Bonchev–Trinajstić information content (AvgIpc) is 2.77. The number of carboxylic acid groups (broad SMARTS) is 1. The number of benzene rings is 1. The predicted molar refractivity (Wildman–Crippen MR) is 130 cm³/mol. The number of nitrogens with two attached hydrogens (primary N) is 2. The zero-order valence-corrected chi connectivity index (χ0v) is 20.3. The van der Waals surface area contributed by atoms with Crippen molar-refractivity contribution in [3.8, 4) is 0 Å². The van der Waals surface area contributed by atoms with E-state index in [2.05, 4.69) is 16.0 Å². The first-order valence-electron chi connectivity index (χ1n) is 11.7. The van der Waals surface area contributed by atoms with Gasteiger partial charge < -0.3 is 32.5 Å². The lowest BCUT2D eigenvalue weighted by molar-refractivity contribution is -0.142. The van der Waals surface area contributed by atoms with Crippen LogP contribution in [0.3, 0.4) is 0 Å². The van der Waals surface area contributed by atoms with E-state index < -0.39 is 47.9 Å². The summed E-state index contributed by atoms with van der Waals surface area (Å²) >= 11 is 0. The molecule has 0 bridgehead atoms. The number of carbonyl (C=O) groups excluding carboxylic acids is 3. The highest BCUT2D eigenvalue weighted by atomic mass is 16.4. The average molecular weight is 478 g/mol. The first-order valence-corrected chi connectivity index (χ1v) is 11.7. The minimum atomic E-state index is -1.15. The molecule has 3 amide bonds. The van der Waals surface area contributed by atoms with Crippen molar-refractivity contribution < 1.29 is 24.3 Å². The fourth-order valence-electron chi connectivity index (χ4n) is 3.37. The van der Waals surface area contributed by atoms with Crippen LogP contribution in [0, 0.1) is 5.92 Å². The quantitative estimate of drug-likeness (QED) is 0.197. The van der Waals surface area contributed by atoms with Gasteiger partial charge in [0.25, 0.3) is 0 Å². The van der Waals surface area contributed by atoms with E-state index in [9.17, 15) is 24.3 Å². The van der Waals surface area contributed by atoms with Gasteiger partial charge >= 0.3 is 5.97 Å². The van der Waals surface area contributed by atoms with Gasteiger partial charge in [0.15, 0.2) is 0 Å². The highest BCUT2D eigenvalue weighted by molar-refractivity contribution is 5.93. The van der Waals surface area contributed by atoms with Gasteiger partial charge in [-0.1, -0.05) is 44.2 Å². The third-order valence-electron chi connectivity index (χ3n) is 5.29. The number of unbranched alkanes of at least 4 members (excludes halogenated alkanes) is 1. The van der Waals surface area contributed by atoms with Crippen molar-refractivity contribution in [1.82, 2.24) is 16.0 Å². The summed E-state index contributed by atoms with van der Waals surface area (Å²) in [5.74, 6) is -2.71. The van der Waals surface area contributed by atoms with Crippen molar-refractivity contribution in [2.24, 2.45) is 17.4 Å². The van der Waals surface area contributed by atoms with Gasteiger partial charge in [-0.2, -0.15) is 0 Å². The normalized spacial score (nSPS) is 14.5. The van der Waals surface area contributed by atoms with E-state index in [1.165, 1.54) is 6.92 Å². The first-order chi connectivity index (χ1) is 16.0. The molecule has 0 spiro atoms. The van der Waals surface area contributed by atoms with Crippen LogP contribution < -0.4 is 27.4 Å². The van der Waals surface area contributed by atoms with Crippen molar-refractivity contribution in [3.05, 3.63) is 35.9 Å². The molecule has 0 radical (unpaired) electrons. The van der Waals surface area contributed by atoms with Crippen LogP contribution in [-0.2, 0) is 25.6 Å². The fraction of sp³-hybridized carbons (Fsp3) is 0.583. The summed E-state index contributed by atoms with van der Waals surface area (Å²) in [6, 6.07) is 5.50. The number of nitrogens with one attached hydrogen (secondary N) is 3. The zero-order chi connectivity index (χ0) is 25.7. The SMILES string of the molecule is CC(C)CC(NC(=O)C(C)NC(=O)C(N)Cc1ccccc1)C(=O)NC(CCCCN)C(=O)O. The highest BCUT2D eigenvalue weighted by Crippen LogP contribution is 2.08. The van der Waals surface area contributed by atoms with Gasteiger partial charge in [-0.3, -0.25) is 14.4 Å². The van der Waals surface area contributed by atoms with Crippen LogP contribution in [-0.4, -0.2) is 59.5 Å². The Balaban J connectivity index is 2.72. The lowest BCUT2D eigenvalue weighted by Gasteiger charge is -2.25. The maximum atomic E-state index is 12.8. The topological polar surface area (TPSA) is 177 Å². The Kier molecular flexibility index (Phi) is 12.8. The smallest absolute Gasteiger partial charge is 0.326 e. The number of carboxylic acids is 1. The van der Waals surface area contributed by atoms with Gasteiger partial charge in [-0.05, 0) is 57.1 Å². The molecule has 0 fully saturated rings. The Morgan fingerprint density at radius 1 is 0.882 bits per heavy atom. The molecule has 0 aliphatic carbocycles. The van der Waals surface area contributed by atoms with Crippen molar-refractivity contribution in [1.29, 1.82) is 0 Å². The fourth-order valence-corrected chi connectivity index (χ4v) is 3.37. The lowest BCUT2D eigenvalue weighted by atomic mass is 10.0. The number of hydrogen-bond acceptors (Lipinski definition) is 6. The molecule has 1 aromatic rings. The number of hydrogen-bond donors (Lipinski definition) is 6. The van der Waals surface area contributed by atoms with Gasteiger partial charge in [-0.15, -0.1) is 0 Å². The zero-order valence-electron chi connectivity index (χ0n) is 20.3. The molecule has 10 nitrogen and oxygen atoms in total. The van der Waals surface area contributed by atoms with Crippen molar-refractivity contribution in [2.45, 2.75) is 77.0 Å². The van der Waals surface area contributed by atoms with Crippen LogP contribution in [0.1, 0.15) is 52.0 Å². The summed E-state index contributed by atoms with van der Waals surface area (Å²) in [4.78, 5) is 49.5. The molecule has 0 aliphatic rings. The van der Waals surface area contributed by atoms with Crippen molar-refractivity contribution in [3.63, 3.8) is 0 Å². The summed E-state index contributed by atoms with van der Waals surface area (Å²) in [6.45, 7) is 5.71. The highest BCUT2D eigenvalue weighted by Gasteiger charge is 2.29. The molecule has 190 valence electrons. The molecule has 1 rings (SSSR count). The monoisotopic (exact) mass is 477 g/mol. The summed E-state index contributed by atoms with van der Waals surface area (Å²) < 4.78 is 0. The molecule has 0 saturated heterocycles. The Morgan fingerprint density at radius 3 is 2.06 bits per heavy atom. The Labute approximate surface area is 201 Å². The second-order valence-electron chi connectivity index (χ2n) is 8.90. The van der Waals surface area contributed by atoms with E-state index in [-0.39, 0.29) is 12.3 Å². The van der Waals surface area contributed by atoms with E-state index in [0.717, 1.165) is 5.56 Å². The minimum absolute atomic E-state index is 0.0563. The Bertz CT molecular complexity index is 802. The molecule has 1 aromatic carbocycles. The Morgan fingerprint density at radius 2 is 1.50 bits per heavy atom. The molecular formula is C24H39N5O5. The van der Waals surface area contributed by atoms with Crippen LogP contribution in [0.25, 0.3) is 0 Å². The van der Waals surface area contributed by atoms with Crippen molar-refractivity contribution in [2.75, 3.05) is 6.54 Å². The number of aliphatic carboxylic acids is 1. The molecule has 10 heteroatoms. The maximum Gasteiger partial charge on any atom is 0.326 e. The largest absolute Gasteiger partial charge is 0.480 e. The van der Waals surface area contributed by atoms with Crippen LogP contribution in [0.15, 0.2) is 30.3 Å². The van der Waals surface area contributed by atoms with Gasteiger partial charge in [0.1, 0.15) is 18.1 Å².